The van der Waals surface area contributed by atoms with Crippen molar-refractivity contribution in [1.82, 2.24) is 4.90 Å². The maximum absolute atomic E-state index is 14.0. The molecular formula is C35H41ClN2O6. The number of halogens is 1. The lowest BCUT2D eigenvalue weighted by Crippen LogP contribution is -2.44. The maximum Gasteiger partial charge on any atom is 0.269 e. The van der Waals surface area contributed by atoms with Gasteiger partial charge in [0.25, 0.3) is 5.69 Å². The number of hydrogen-bond acceptors (Lipinski definition) is 7. The minimum Gasteiger partial charge on any atom is -0.490 e. The lowest BCUT2D eigenvalue weighted by Gasteiger charge is -2.49. The Labute approximate surface area is 264 Å². The van der Waals surface area contributed by atoms with Gasteiger partial charge in [-0.15, -0.1) is 0 Å². The molecule has 2 aromatic carbocycles. The summed E-state index contributed by atoms with van der Waals surface area (Å²) in [7, 11) is 0. The highest BCUT2D eigenvalue weighted by Gasteiger charge is 2.49. The van der Waals surface area contributed by atoms with Gasteiger partial charge in [-0.2, -0.15) is 0 Å². The van der Waals surface area contributed by atoms with Crippen LogP contribution >= 0.6 is 11.6 Å². The number of non-ortho nitro benzene ring substituents is 1. The molecule has 8 nitrogen and oxygen atoms in total. The number of carbonyl (C=O) groups excluding carboxylic acids is 2. The van der Waals surface area contributed by atoms with Gasteiger partial charge < -0.3 is 14.4 Å². The van der Waals surface area contributed by atoms with Crippen LogP contribution in [0.3, 0.4) is 0 Å². The van der Waals surface area contributed by atoms with Gasteiger partial charge in [-0.25, -0.2) is 0 Å². The summed E-state index contributed by atoms with van der Waals surface area (Å²) in [4.78, 5) is 40.9. The molecule has 0 unspecified atom stereocenters. The average molecular weight is 621 g/mol. The zero-order valence-corrected chi connectivity index (χ0v) is 27.2. The molecule has 0 spiro atoms. The average Bonchev–Trinajstić information content (AvgIpc) is 2.92. The first-order valence-electron chi connectivity index (χ1n) is 15.4. The zero-order chi connectivity index (χ0) is 32.0. The van der Waals surface area contributed by atoms with Crippen LogP contribution in [-0.2, 0) is 16.2 Å². The first kappa shape index (κ1) is 31.8. The summed E-state index contributed by atoms with van der Waals surface area (Å²) >= 11 is 6.91. The SMILES string of the molecule is CCCN1C2=C(C(=O)CC(C)(C)C2)C(c2cc(Cl)c(OCc3ccc([N+](=O)[O-])cc3)c(OCC)c2)C2=C1CC(C)(C)CC2=O. The van der Waals surface area contributed by atoms with E-state index >= 15 is 0 Å². The fourth-order valence-corrected chi connectivity index (χ4v) is 7.18. The Kier molecular flexibility index (Phi) is 8.69. The summed E-state index contributed by atoms with van der Waals surface area (Å²) in [6.07, 6.45) is 3.21. The number of nitro groups is 1. The van der Waals surface area contributed by atoms with E-state index in [1.165, 1.54) is 12.1 Å². The highest BCUT2D eigenvalue weighted by atomic mass is 35.5. The minimum atomic E-state index is -0.541. The Morgan fingerprint density at radius 1 is 0.909 bits per heavy atom. The lowest BCUT2D eigenvalue weighted by molar-refractivity contribution is -0.384. The fourth-order valence-electron chi connectivity index (χ4n) is 6.90. The van der Waals surface area contributed by atoms with Gasteiger partial charge in [0.2, 0.25) is 0 Å². The van der Waals surface area contributed by atoms with Gasteiger partial charge in [-0.3, -0.25) is 19.7 Å². The van der Waals surface area contributed by atoms with E-state index in [-0.39, 0.29) is 34.7 Å². The third-order valence-electron chi connectivity index (χ3n) is 8.66. The first-order valence-corrected chi connectivity index (χ1v) is 15.8. The number of nitrogens with zero attached hydrogens (tertiary/aromatic N) is 2. The van der Waals surface area contributed by atoms with Crippen LogP contribution in [0.15, 0.2) is 58.9 Å². The summed E-state index contributed by atoms with van der Waals surface area (Å²) in [5.74, 6) is 0.359. The molecule has 0 fully saturated rings. The summed E-state index contributed by atoms with van der Waals surface area (Å²) < 4.78 is 12.1. The number of rotatable bonds is 9. The van der Waals surface area contributed by atoms with Crippen molar-refractivity contribution in [3.8, 4) is 11.5 Å². The second-order valence-corrected chi connectivity index (χ2v) is 14.1. The van der Waals surface area contributed by atoms with Crippen LogP contribution in [0.2, 0.25) is 5.02 Å². The monoisotopic (exact) mass is 620 g/mol. The molecule has 0 radical (unpaired) electrons. The van der Waals surface area contributed by atoms with Gasteiger partial charge in [0.15, 0.2) is 23.1 Å². The number of nitro benzene ring substituents is 1. The molecule has 2 aromatic rings. The predicted octanol–water partition coefficient (Wildman–Crippen LogP) is 8.32. The van der Waals surface area contributed by atoms with E-state index in [2.05, 4.69) is 39.5 Å². The molecule has 44 heavy (non-hydrogen) atoms. The molecule has 2 aliphatic carbocycles. The molecule has 1 heterocycles. The zero-order valence-electron chi connectivity index (χ0n) is 26.4. The topological polar surface area (TPSA) is 99.0 Å². The van der Waals surface area contributed by atoms with Crippen LogP contribution in [0.25, 0.3) is 0 Å². The second kappa shape index (κ2) is 12.0. The van der Waals surface area contributed by atoms with Crippen molar-refractivity contribution < 1.29 is 24.0 Å². The van der Waals surface area contributed by atoms with E-state index in [1.54, 1.807) is 18.2 Å². The quantitative estimate of drug-likeness (QED) is 0.205. The van der Waals surface area contributed by atoms with Gasteiger partial charge in [-0.05, 0) is 72.4 Å². The Bertz CT molecular complexity index is 1520. The second-order valence-electron chi connectivity index (χ2n) is 13.7. The van der Waals surface area contributed by atoms with Gasteiger partial charge >= 0.3 is 0 Å². The third-order valence-corrected chi connectivity index (χ3v) is 8.95. The molecule has 1 aliphatic heterocycles. The Hall–Kier alpha value is -3.65. The number of ether oxygens (including phenoxy) is 2. The number of Topliss-reactive ketones (excluding diaryl/α,β-unsaturated/α-hetero) is 2. The molecular weight excluding hydrogens is 580 g/mol. The van der Waals surface area contributed by atoms with Crippen molar-refractivity contribution in [3.05, 3.63) is 85.2 Å². The van der Waals surface area contributed by atoms with Crippen LogP contribution in [0.4, 0.5) is 5.69 Å². The van der Waals surface area contributed by atoms with Crippen molar-refractivity contribution >= 4 is 28.9 Å². The van der Waals surface area contributed by atoms with E-state index < -0.39 is 10.8 Å². The summed E-state index contributed by atoms with van der Waals surface area (Å²) in [6.45, 7) is 13.8. The van der Waals surface area contributed by atoms with Crippen molar-refractivity contribution in [3.63, 3.8) is 0 Å². The largest absolute Gasteiger partial charge is 0.490 e. The molecule has 0 saturated carbocycles. The molecule has 3 aliphatic rings. The number of hydrogen-bond donors (Lipinski definition) is 0. The number of allylic oxidation sites excluding steroid dienone is 4. The van der Waals surface area contributed by atoms with Gasteiger partial charge in [0, 0.05) is 60.0 Å². The van der Waals surface area contributed by atoms with Crippen molar-refractivity contribution in [1.29, 1.82) is 0 Å². The summed E-state index contributed by atoms with van der Waals surface area (Å²) in [5.41, 5.74) is 4.52. The van der Waals surface area contributed by atoms with Crippen LogP contribution in [0.1, 0.15) is 90.7 Å². The maximum atomic E-state index is 14.0. The highest BCUT2D eigenvalue weighted by molar-refractivity contribution is 6.32. The molecule has 0 aromatic heterocycles. The van der Waals surface area contributed by atoms with E-state index in [9.17, 15) is 19.7 Å². The first-order chi connectivity index (χ1) is 20.7. The van der Waals surface area contributed by atoms with E-state index in [0.717, 1.165) is 48.3 Å². The summed E-state index contributed by atoms with van der Waals surface area (Å²) in [6, 6.07) is 9.79. The minimum absolute atomic E-state index is 0.000215. The normalized spacial score (nSPS) is 19.6. The van der Waals surface area contributed by atoms with Crippen LogP contribution < -0.4 is 9.47 Å². The summed E-state index contributed by atoms with van der Waals surface area (Å²) in [5, 5.41) is 11.3. The molecule has 0 N–H and O–H groups in total. The van der Waals surface area contributed by atoms with E-state index in [4.69, 9.17) is 21.1 Å². The number of benzene rings is 2. The van der Waals surface area contributed by atoms with Gasteiger partial charge in [0.05, 0.1) is 16.6 Å². The van der Waals surface area contributed by atoms with Crippen LogP contribution in [-0.4, -0.2) is 34.5 Å². The molecule has 234 valence electrons. The molecule has 9 heteroatoms. The van der Waals surface area contributed by atoms with Crippen molar-refractivity contribution in [2.45, 2.75) is 86.2 Å². The van der Waals surface area contributed by atoms with E-state index in [0.29, 0.717) is 47.1 Å². The standard InChI is InChI=1S/C35H41ClN2O6/c1-7-13-37-25-16-34(3,4)18-27(39)31(25)30(32-26(37)17-35(5,6)19-28(32)40)22-14-24(36)33(29(15-22)43-8-2)44-20-21-9-11-23(12-10-21)38(41)42/h9-12,14-15,30H,7-8,13,16-20H2,1-6H3. The molecule has 0 saturated heterocycles. The van der Waals surface area contributed by atoms with Gasteiger partial charge in [-0.1, -0.05) is 46.2 Å². The van der Waals surface area contributed by atoms with E-state index in [1.807, 2.05) is 13.0 Å². The van der Waals surface area contributed by atoms with Crippen LogP contribution in [0.5, 0.6) is 11.5 Å². The number of carbonyl (C=O) groups is 2. The third kappa shape index (κ3) is 6.14. The fraction of sp³-hybridized carbons (Fsp3) is 0.486. The van der Waals surface area contributed by atoms with Gasteiger partial charge in [0.1, 0.15) is 6.61 Å². The van der Waals surface area contributed by atoms with Crippen molar-refractivity contribution in [2.75, 3.05) is 13.2 Å². The Balaban J connectivity index is 1.62. The molecule has 0 atom stereocenters. The van der Waals surface area contributed by atoms with Crippen molar-refractivity contribution in [2.24, 2.45) is 10.8 Å². The number of ketones is 2. The molecule has 5 rings (SSSR count). The van der Waals surface area contributed by atoms with Crippen LogP contribution in [0, 0.1) is 20.9 Å². The highest BCUT2D eigenvalue weighted by Crippen LogP contribution is 2.55. The molecule has 0 amide bonds. The lowest BCUT2D eigenvalue weighted by atomic mass is 9.63. The Morgan fingerprint density at radius 3 is 1.98 bits per heavy atom. The molecule has 0 bridgehead atoms. The smallest absolute Gasteiger partial charge is 0.269 e. The predicted molar refractivity (Wildman–Crippen MR) is 170 cm³/mol. The Morgan fingerprint density at radius 2 is 1.48 bits per heavy atom.